The van der Waals surface area contributed by atoms with Crippen molar-refractivity contribution in [3.8, 4) is 0 Å². The van der Waals surface area contributed by atoms with E-state index in [0.29, 0.717) is 11.5 Å². The molecule has 2 heterocycles. The fourth-order valence-corrected chi connectivity index (χ4v) is 3.41. The first-order chi connectivity index (χ1) is 9.31. The molecule has 1 aromatic heterocycles. The second kappa shape index (κ2) is 7.38. The molecule has 0 aromatic carbocycles. The van der Waals surface area contributed by atoms with Gasteiger partial charge in [0.25, 0.3) is 5.91 Å². The Bertz CT molecular complexity index is 419. The largest absolute Gasteiger partial charge is 0.385 e. The Balaban J connectivity index is 1.91. The zero-order valence-electron chi connectivity index (χ0n) is 11.3. The van der Waals surface area contributed by atoms with Crippen molar-refractivity contribution in [2.75, 3.05) is 29.9 Å². The van der Waals surface area contributed by atoms with Crippen LogP contribution in [-0.4, -0.2) is 35.5 Å². The minimum atomic E-state index is -0.0257. The zero-order chi connectivity index (χ0) is 13.5. The van der Waals surface area contributed by atoms with E-state index in [1.54, 1.807) is 12.4 Å². The fraction of sp³-hybridized carbons (Fsp3) is 0.571. The van der Waals surface area contributed by atoms with Crippen molar-refractivity contribution in [1.82, 2.24) is 10.3 Å². The third-order valence-corrected chi connectivity index (χ3v) is 4.37. The molecule has 2 rings (SSSR count). The number of amides is 1. The summed E-state index contributed by atoms with van der Waals surface area (Å²) in [5.74, 6) is 3.04. The molecular formula is C14H21N3OS. The molecule has 1 aliphatic rings. The number of aromatic nitrogens is 1. The lowest BCUT2D eigenvalue weighted by atomic mass is 10.0. The summed E-state index contributed by atoms with van der Waals surface area (Å²) in [4.78, 5) is 16.2. The molecule has 0 atom stereocenters. The molecule has 5 heteroatoms. The van der Waals surface area contributed by atoms with Crippen LogP contribution in [0.25, 0.3) is 0 Å². The van der Waals surface area contributed by atoms with E-state index < -0.39 is 0 Å². The molecule has 0 aliphatic carbocycles. The van der Waals surface area contributed by atoms with Crippen LogP contribution < -0.4 is 10.6 Å². The van der Waals surface area contributed by atoms with Crippen molar-refractivity contribution < 1.29 is 4.79 Å². The summed E-state index contributed by atoms with van der Waals surface area (Å²) in [6.45, 7) is 3.59. The number of pyridine rings is 1. The number of anilines is 1. The summed E-state index contributed by atoms with van der Waals surface area (Å²) in [5, 5.41) is 6.23. The number of hydrogen-bond donors (Lipinski definition) is 2. The highest BCUT2D eigenvalue weighted by molar-refractivity contribution is 7.99. The van der Waals surface area contributed by atoms with Gasteiger partial charge in [-0.15, -0.1) is 0 Å². The number of rotatable bonds is 5. The second-order valence-corrected chi connectivity index (χ2v) is 5.94. The molecule has 4 nitrogen and oxygen atoms in total. The summed E-state index contributed by atoms with van der Waals surface area (Å²) in [6, 6.07) is 1.84. The van der Waals surface area contributed by atoms with Crippen molar-refractivity contribution in [2.45, 2.75) is 19.8 Å². The summed E-state index contributed by atoms with van der Waals surface area (Å²) < 4.78 is 0. The highest BCUT2D eigenvalue weighted by Crippen LogP contribution is 2.22. The standard InChI is InChI=1S/C14H21N3OS/c1-2-16-13-3-6-15-10-12(13)14(18)17-9-11-4-7-19-8-5-11/h3,6,10-11H,2,4-5,7-9H2,1H3,(H,15,16)(H,17,18). The molecule has 2 N–H and O–H groups in total. The van der Waals surface area contributed by atoms with Gasteiger partial charge < -0.3 is 10.6 Å². The van der Waals surface area contributed by atoms with E-state index in [2.05, 4.69) is 15.6 Å². The first kappa shape index (κ1) is 14.2. The van der Waals surface area contributed by atoms with Gasteiger partial charge in [0.2, 0.25) is 0 Å². The van der Waals surface area contributed by atoms with Crippen LogP contribution in [0.5, 0.6) is 0 Å². The van der Waals surface area contributed by atoms with Gasteiger partial charge in [0.1, 0.15) is 0 Å². The maximum atomic E-state index is 12.2. The summed E-state index contributed by atoms with van der Waals surface area (Å²) >= 11 is 2.01. The molecule has 1 aromatic rings. The molecule has 0 spiro atoms. The normalized spacial score (nSPS) is 16.1. The van der Waals surface area contributed by atoms with E-state index in [0.717, 1.165) is 18.8 Å². The molecule has 104 valence electrons. The molecule has 1 amide bonds. The van der Waals surface area contributed by atoms with Gasteiger partial charge in [0.15, 0.2) is 0 Å². The van der Waals surface area contributed by atoms with E-state index >= 15 is 0 Å². The van der Waals surface area contributed by atoms with E-state index in [1.165, 1.54) is 24.3 Å². The lowest BCUT2D eigenvalue weighted by Crippen LogP contribution is -2.31. The molecule has 0 radical (unpaired) electrons. The van der Waals surface area contributed by atoms with Gasteiger partial charge in [-0.05, 0) is 43.3 Å². The molecule has 0 saturated carbocycles. The first-order valence-electron chi connectivity index (χ1n) is 6.85. The SMILES string of the molecule is CCNc1ccncc1C(=O)NCC1CCSCC1. The van der Waals surface area contributed by atoms with Crippen LogP contribution in [0, 0.1) is 5.92 Å². The van der Waals surface area contributed by atoms with Gasteiger partial charge in [-0.3, -0.25) is 9.78 Å². The van der Waals surface area contributed by atoms with Gasteiger partial charge >= 0.3 is 0 Å². The molecular weight excluding hydrogens is 258 g/mol. The minimum Gasteiger partial charge on any atom is -0.385 e. The van der Waals surface area contributed by atoms with Crippen LogP contribution >= 0.6 is 11.8 Å². The smallest absolute Gasteiger partial charge is 0.254 e. The Morgan fingerprint density at radius 1 is 1.47 bits per heavy atom. The number of carbonyl (C=O) groups is 1. The van der Waals surface area contributed by atoms with Gasteiger partial charge in [-0.25, -0.2) is 0 Å². The predicted molar refractivity (Wildman–Crippen MR) is 80.8 cm³/mol. The van der Waals surface area contributed by atoms with E-state index in [4.69, 9.17) is 0 Å². The first-order valence-corrected chi connectivity index (χ1v) is 8.00. The maximum Gasteiger partial charge on any atom is 0.254 e. The van der Waals surface area contributed by atoms with Crippen LogP contribution in [0.2, 0.25) is 0 Å². The number of carbonyl (C=O) groups excluding carboxylic acids is 1. The van der Waals surface area contributed by atoms with Gasteiger partial charge in [-0.2, -0.15) is 11.8 Å². The second-order valence-electron chi connectivity index (χ2n) is 4.72. The molecule has 1 aliphatic heterocycles. The average molecular weight is 279 g/mol. The van der Waals surface area contributed by atoms with Crippen molar-refractivity contribution in [3.63, 3.8) is 0 Å². The number of nitrogens with zero attached hydrogens (tertiary/aromatic N) is 1. The summed E-state index contributed by atoms with van der Waals surface area (Å²) in [5.41, 5.74) is 1.49. The Kier molecular flexibility index (Phi) is 5.51. The Hall–Kier alpha value is -1.23. The Morgan fingerprint density at radius 3 is 3.00 bits per heavy atom. The van der Waals surface area contributed by atoms with Gasteiger partial charge in [-0.1, -0.05) is 0 Å². The topological polar surface area (TPSA) is 54.0 Å². The van der Waals surface area contributed by atoms with Gasteiger partial charge in [0.05, 0.1) is 11.3 Å². The zero-order valence-corrected chi connectivity index (χ0v) is 12.1. The lowest BCUT2D eigenvalue weighted by molar-refractivity contribution is 0.0947. The Labute approximate surface area is 118 Å². The summed E-state index contributed by atoms with van der Waals surface area (Å²) in [6.07, 6.45) is 5.74. The van der Waals surface area contributed by atoms with Crippen LogP contribution in [0.1, 0.15) is 30.1 Å². The molecule has 0 bridgehead atoms. The summed E-state index contributed by atoms with van der Waals surface area (Å²) in [7, 11) is 0. The van der Waals surface area contributed by atoms with Crippen LogP contribution in [-0.2, 0) is 0 Å². The number of thioether (sulfide) groups is 1. The highest BCUT2D eigenvalue weighted by Gasteiger charge is 2.16. The average Bonchev–Trinajstić information content (AvgIpc) is 2.47. The molecule has 1 fully saturated rings. The number of nitrogens with one attached hydrogen (secondary N) is 2. The van der Waals surface area contributed by atoms with E-state index in [-0.39, 0.29) is 5.91 Å². The molecule has 19 heavy (non-hydrogen) atoms. The third kappa shape index (κ3) is 4.13. The van der Waals surface area contributed by atoms with Crippen molar-refractivity contribution in [3.05, 3.63) is 24.0 Å². The monoisotopic (exact) mass is 279 g/mol. The van der Waals surface area contributed by atoms with E-state index in [9.17, 15) is 4.79 Å². The number of hydrogen-bond acceptors (Lipinski definition) is 4. The Morgan fingerprint density at radius 2 is 2.26 bits per heavy atom. The highest BCUT2D eigenvalue weighted by atomic mass is 32.2. The van der Waals surface area contributed by atoms with Gasteiger partial charge in [0, 0.05) is 25.5 Å². The molecule has 1 saturated heterocycles. The third-order valence-electron chi connectivity index (χ3n) is 3.33. The minimum absolute atomic E-state index is 0.0257. The molecule has 0 unspecified atom stereocenters. The van der Waals surface area contributed by atoms with Crippen LogP contribution in [0.4, 0.5) is 5.69 Å². The quantitative estimate of drug-likeness (QED) is 0.869. The fourth-order valence-electron chi connectivity index (χ4n) is 2.20. The predicted octanol–water partition coefficient (Wildman–Crippen LogP) is 2.39. The van der Waals surface area contributed by atoms with Crippen LogP contribution in [0.3, 0.4) is 0 Å². The maximum absolute atomic E-state index is 12.2. The van der Waals surface area contributed by atoms with Crippen molar-refractivity contribution in [2.24, 2.45) is 5.92 Å². The van der Waals surface area contributed by atoms with Crippen LogP contribution in [0.15, 0.2) is 18.5 Å². The van der Waals surface area contributed by atoms with Crippen molar-refractivity contribution in [1.29, 1.82) is 0 Å². The van der Waals surface area contributed by atoms with Crippen molar-refractivity contribution >= 4 is 23.4 Å². The lowest BCUT2D eigenvalue weighted by Gasteiger charge is -2.21. The van der Waals surface area contributed by atoms with E-state index in [1.807, 2.05) is 24.8 Å².